The molecule has 0 spiro atoms. The summed E-state index contributed by atoms with van der Waals surface area (Å²) in [5, 5.41) is 9.11. The molecule has 2 atom stereocenters. The Hall–Kier alpha value is -1.55. The van der Waals surface area contributed by atoms with Crippen molar-refractivity contribution in [3.05, 3.63) is 29.8 Å². The monoisotopic (exact) mass is 208 g/mol. The van der Waals surface area contributed by atoms with Crippen molar-refractivity contribution in [1.29, 1.82) is 0 Å². The fourth-order valence-corrected chi connectivity index (χ4v) is 1.47. The third kappa shape index (κ3) is 1.94. The summed E-state index contributed by atoms with van der Waals surface area (Å²) in [6, 6.07) is 6.34. The summed E-state index contributed by atoms with van der Waals surface area (Å²) >= 11 is 0. The van der Waals surface area contributed by atoms with Crippen LogP contribution in [-0.4, -0.2) is 17.4 Å². The van der Waals surface area contributed by atoms with Gasteiger partial charge in [-0.25, -0.2) is 4.79 Å². The Balaban J connectivity index is 2.18. The van der Waals surface area contributed by atoms with Crippen LogP contribution in [0.5, 0.6) is 5.75 Å². The smallest absolute Gasteiger partial charge is 0.342 e. The van der Waals surface area contributed by atoms with Crippen LogP contribution >= 0.6 is 0 Å². The van der Waals surface area contributed by atoms with Crippen molar-refractivity contribution in [3.63, 3.8) is 0 Å². The molecule has 1 aliphatic heterocycles. The first-order valence-electron chi connectivity index (χ1n) is 4.85. The van der Waals surface area contributed by atoms with Gasteiger partial charge in [-0.2, -0.15) is 0 Å². The van der Waals surface area contributed by atoms with Crippen molar-refractivity contribution in [3.8, 4) is 5.75 Å². The van der Waals surface area contributed by atoms with Gasteiger partial charge in [0.05, 0.1) is 0 Å². The minimum Gasteiger partial charge on any atom is -0.508 e. The Morgan fingerprint density at radius 1 is 1.33 bits per heavy atom. The largest absolute Gasteiger partial charge is 0.508 e. The highest BCUT2D eigenvalue weighted by molar-refractivity contribution is 5.78. The number of hydrogen-bond acceptors (Lipinski definition) is 4. The maximum Gasteiger partial charge on any atom is 0.342 e. The van der Waals surface area contributed by atoms with Crippen LogP contribution in [0.25, 0.3) is 0 Å². The molecular weight excluding hydrogens is 196 g/mol. The molecule has 1 saturated heterocycles. The first-order valence-corrected chi connectivity index (χ1v) is 4.85. The second kappa shape index (κ2) is 3.90. The number of rotatable bonds is 2. The third-order valence-electron chi connectivity index (χ3n) is 2.28. The standard InChI is InChI=1S/C11H12O4/c1-2-9-14-10(11(13)15-9)7-3-5-8(12)6-4-7/h3-6,9-10,12H,2H2,1H3/t9?,10-/m0/s1. The molecule has 4 nitrogen and oxygen atoms in total. The number of hydrogen-bond donors (Lipinski definition) is 1. The van der Waals surface area contributed by atoms with E-state index < -0.39 is 12.4 Å². The quantitative estimate of drug-likeness (QED) is 0.752. The van der Waals surface area contributed by atoms with Gasteiger partial charge in [0, 0.05) is 6.42 Å². The summed E-state index contributed by atoms with van der Waals surface area (Å²) in [6.45, 7) is 1.89. The molecule has 80 valence electrons. The van der Waals surface area contributed by atoms with Crippen molar-refractivity contribution < 1.29 is 19.4 Å². The summed E-state index contributed by atoms with van der Waals surface area (Å²) in [5.41, 5.74) is 0.703. The summed E-state index contributed by atoms with van der Waals surface area (Å²) in [7, 11) is 0. The molecule has 1 N–H and O–H groups in total. The summed E-state index contributed by atoms with van der Waals surface area (Å²) in [5.74, 6) is -0.204. The number of cyclic esters (lactones) is 1. The molecule has 1 unspecified atom stereocenters. The van der Waals surface area contributed by atoms with Crippen LogP contribution in [0.1, 0.15) is 25.0 Å². The van der Waals surface area contributed by atoms with Crippen LogP contribution in [0.3, 0.4) is 0 Å². The molecule has 0 bridgehead atoms. The first kappa shape index (κ1) is 9.98. The van der Waals surface area contributed by atoms with E-state index in [9.17, 15) is 4.79 Å². The number of phenols is 1. The Bertz CT molecular complexity index is 357. The van der Waals surface area contributed by atoms with Crippen molar-refractivity contribution in [2.45, 2.75) is 25.7 Å². The molecule has 1 aromatic rings. The zero-order valence-electron chi connectivity index (χ0n) is 8.34. The molecule has 2 rings (SSSR count). The van der Waals surface area contributed by atoms with Gasteiger partial charge in [-0.3, -0.25) is 0 Å². The van der Waals surface area contributed by atoms with E-state index in [-0.39, 0.29) is 11.7 Å². The first-order chi connectivity index (χ1) is 7.20. The van der Waals surface area contributed by atoms with Crippen LogP contribution in [0.2, 0.25) is 0 Å². The number of esters is 1. The Morgan fingerprint density at radius 3 is 2.53 bits per heavy atom. The maximum atomic E-state index is 11.4. The van der Waals surface area contributed by atoms with Gasteiger partial charge in [0.15, 0.2) is 6.10 Å². The lowest BCUT2D eigenvalue weighted by molar-refractivity contribution is -0.143. The number of carbonyl (C=O) groups is 1. The normalized spacial score (nSPS) is 25.3. The van der Waals surface area contributed by atoms with E-state index in [0.29, 0.717) is 12.0 Å². The van der Waals surface area contributed by atoms with Crippen LogP contribution in [0, 0.1) is 0 Å². The topological polar surface area (TPSA) is 55.8 Å². The molecule has 4 heteroatoms. The predicted molar refractivity (Wildman–Crippen MR) is 52.1 cm³/mol. The Labute approximate surface area is 87.4 Å². The Kier molecular flexibility index (Phi) is 2.60. The van der Waals surface area contributed by atoms with Gasteiger partial charge in [0.25, 0.3) is 0 Å². The molecule has 1 fully saturated rings. The van der Waals surface area contributed by atoms with Crippen molar-refractivity contribution in [1.82, 2.24) is 0 Å². The second-order valence-electron chi connectivity index (χ2n) is 3.38. The molecule has 0 saturated carbocycles. The van der Waals surface area contributed by atoms with Gasteiger partial charge >= 0.3 is 5.97 Å². The van der Waals surface area contributed by atoms with Gasteiger partial charge in [0.1, 0.15) is 5.75 Å². The van der Waals surface area contributed by atoms with E-state index in [2.05, 4.69) is 0 Å². The van der Waals surface area contributed by atoms with Crippen LogP contribution in [0.15, 0.2) is 24.3 Å². The third-order valence-corrected chi connectivity index (χ3v) is 2.28. The van der Waals surface area contributed by atoms with E-state index in [1.165, 1.54) is 12.1 Å². The summed E-state index contributed by atoms with van der Waals surface area (Å²) in [4.78, 5) is 11.4. The lowest BCUT2D eigenvalue weighted by Gasteiger charge is -2.07. The molecule has 0 amide bonds. The lowest BCUT2D eigenvalue weighted by atomic mass is 10.1. The zero-order chi connectivity index (χ0) is 10.8. The maximum absolute atomic E-state index is 11.4. The van der Waals surface area contributed by atoms with E-state index in [0.717, 1.165) is 0 Å². The molecule has 1 heterocycles. The van der Waals surface area contributed by atoms with E-state index in [4.69, 9.17) is 14.6 Å². The average molecular weight is 208 g/mol. The number of ether oxygens (including phenoxy) is 2. The van der Waals surface area contributed by atoms with Crippen molar-refractivity contribution >= 4 is 5.97 Å². The van der Waals surface area contributed by atoms with E-state index in [1.54, 1.807) is 12.1 Å². The molecule has 15 heavy (non-hydrogen) atoms. The minimum absolute atomic E-state index is 0.164. The van der Waals surface area contributed by atoms with Crippen molar-refractivity contribution in [2.75, 3.05) is 0 Å². The highest BCUT2D eigenvalue weighted by Gasteiger charge is 2.35. The van der Waals surface area contributed by atoms with Gasteiger partial charge in [-0.15, -0.1) is 0 Å². The molecule has 0 aliphatic carbocycles. The SMILES string of the molecule is CCC1OC(=O)[C@H](c2ccc(O)cc2)O1. The minimum atomic E-state index is -0.657. The molecule has 0 radical (unpaired) electrons. The zero-order valence-corrected chi connectivity index (χ0v) is 8.34. The summed E-state index contributed by atoms with van der Waals surface area (Å²) < 4.78 is 10.4. The number of carbonyl (C=O) groups excluding carboxylic acids is 1. The average Bonchev–Trinajstić information content (AvgIpc) is 2.61. The number of benzene rings is 1. The van der Waals surface area contributed by atoms with Gasteiger partial charge in [0.2, 0.25) is 6.29 Å². The van der Waals surface area contributed by atoms with Crippen LogP contribution < -0.4 is 0 Å². The fourth-order valence-electron chi connectivity index (χ4n) is 1.47. The fraction of sp³-hybridized carbons (Fsp3) is 0.364. The molecular formula is C11H12O4. The molecule has 1 aliphatic rings. The molecule has 1 aromatic carbocycles. The second-order valence-corrected chi connectivity index (χ2v) is 3.38. The van der Waals surface area contributed by atoms with Gasteiger partial charge < -0.3 is 14.6 Å². The highest BCUT2D eigenvalue weighted by Crippen LogP contribution is 2.29. The van der Waals surface area contributed by atoms with Crippen LogP contribution in [0.4, 0.5) is 0 Å². The number of aromatic hydroxyl groups is 1. The lowest BCUT2D eigenvalue weighted by Crippen LogP contribution is -2.06. The number of phenolic OH excluding ortho intramolecular Hbond substituents is 1. The predicted octanol–water partition coefficient (Wildman–Crippen LogP) is 1.74. The highest BCUT2D eigenvalue weighted by atomic mass is 16.7. The van der Waals surface area contributed by atoms with Gasteiger partial charge in [-0.05, 0) is 17.7 Å². The van der Waals surface area contributed by atoms with Crippen LogP contribution in [-0.2, 0) is 14.3 Å². The Morgan fingerprint density at radius 2 is 2.00 bits per heavy atom. The van der Waals surface area contributed by atoms with E-state index in [1.807, 2.05) is 6.92 Å². The molecule has 0 aromatic heterocycles. The summed E-state index contributed by atoms with van der Waals surface area (Å²) in [6.07, 6.45) is -0.466. The van der Waals surface area contributed by atoms with Gasteiger partial charge in [-0.1, -0.05) is 19.1 Å². The van der Waals surface area contributed by atoms with E-state index >= 15 is 0 Å². The van der Waals surface area contributed by atoms with Crippen molar-refractivity contribution in [2.24, 2.45) is 0 Å².